The van der Waals surface area contributed by atoms with Crippen molar-refractivity contribution < 1.29 is 19.8 Å². The average Bonchev–Trinajstić information content (AvgIpc) is 2.57. The highest BCUT2D eigenvalue weighted by atomic mass is 16.5. The number of aliphatic hydroxyl groups excluding tert-OH is 1. The smallest absolute Gasteiger partial charge is 0.164 e. The number of aliphatic hydroxyl groups is 1. The van der Waals surface area contributed by atoms with Crippen LogP contribution in [0, 0.1) is 0 Å². The molecule has 1 unspecified atom stereocenters. The van der Waals surface area contributed by atoms with Crippen molar-refractivity contribution in [1.82, 2.24) is 5.32 Å². The van der Waals surface area contributed by atoms with Crippen molar-refractivity contribution in [2.75, 3.05) is 20.8 Å². The van der Waals surface area contributed by atoms with Gasteiger partial charge in [-0.3, -0.25) is 0 Å². The van der Waals surface area contributed by atoms with Gasteiger partial charge in [0.15, 0.2) is 17.3 Å². The van der Waals surface area contributed by atoms with Gasteiger partial charge in [-0.25, -0.2) is 0 Å². The number of hydrogen-bond donors (Lipinski definition) is 4. The number of rotatable bonds is 8. The number of nitrogens with two attached hydrogens (primary N) is 1. The minimum absolute atomic E-state index is 0.0179. The van der Waals surface area contributed by atoms with Gasteiger partial charge in [-0.15, -0.1) is 0 Å². The summed E-state index contributed by atoms with van der Waals surface area (Å²) in [4.78, 5) is 0. The number of β-amino-alcohol motifs (C(OH)–C–C–N with tert-alkyl or cyclic N) is 1. The van der Waals surface area contributed by atoms with Crippen molar-refractivity contribution in [3.63, 3.8) is 0 Å². The first kappa shape index (κ1) is 20.8. The molecular formula is C18H29N3O4. The van der Waals surface area contributed by atoms with E-state index in [9.17, 15) is 5.11 Å². The topological polar surface area (TPSA) is 109 Å². The summed E-state index contributed by atoms with van der Waals surface area (Å²) in [5.41, 5.74) is 6.98. The Morgan fingerprint density at radius 2 is 2.00 bits per heavy atom. The fourth-order valence-electron chi connectivity index (χ4n) is 2.31. The number of ether oxygens (including phenoxy) is 2. The summed E-state index contributed by atoms with van der Waals surface area (Å²) in [5, 5.41) is 25.3. The molecule has 0 bridgehead atoms. The molecule has 0 spiro atoms. The van der Waals surface area contributed by atoms with E-state index in [4.69, 9.17) is 20.4 Å². The summed E-state index contributed by atoms with van der Waals surface area (Å²) >= 11 is 0. The van der Waals surface area contributed by atoms with Gasteiger partial charge in [0, 0.05) is 24.1 Å². The zero-order valence-electron chi connectivity index (χ0n) is 15.5. The monoisotopic (exact) mass is 351 g/mol. The van der Waals surface area contributed by atoms with Crippen LogP contribution in [0.2, 0.25) is 0 Å². The Bertz CT molecular complexity index is 621. The van der Waals surface area contributed by atoms with E-state index < -0.39 is 6.10 Å². The summed E-state index contributed by atoms with van der Waals surface area (Å²) in [5.74, 6) is 1.11. The van der Waals surface area contributed by atoms with Crippen LogP contribution in [0.5, 0.6) is 11.5 Å². The van der Waals surface area contributed by atoms with Crippen LogP contribution in [-0.2, 0) is 6.42 Å². The Labute approximate surface area is 149 Å². The van der Waals surface area contributed by atoms with E-state index in [1.165, 1.54) is 6.08 Å². The normalized spacial score (nSPS) is 13.9. The van der Waals surface area contributed by atoms with E-state index in [1.54, 1.807) is 26.4 Å². The van der Waals surface area contributed by atoms with Gasteiger partial charge in [-0.05, 0) is 38.5 Å². The number of hydrogen-bond acceptors (Lipinski definition) is 6. The molecule has 1 aromatic rings. The predicted octanol–water partition coefficient (Wildman–Crippen LogP) is 1.75. The van der Waals surface area contributed by atoms with Crippen molar-refractivity contribution in [2.45, 2.75) is 38.8 Å². The summed E-state index contributed by atoms with van der Waals surface area (Å²) in [7, 11) is 3.11. The molecule has 140 valence electrons. The van der Waals surface area contributed by atoms with Crippen molar-refractivity contribution in [2.24, 2.45) is 10.9 Å². The third-order valence-electron chi connectivity index (χ3n) is 3.54. The molecule has 0 amide bonds. The molecule has 25 heavy (non-hydrogen) atoms. The van der Waals surface area contributed by atoms with Gasteiger partial charge in [0.2, 0.25) is 0 Å². The van der Waals surface area contributed by atoms with Crippen LogP contribution >= 0.6 is 0 Å². The highest BCUT2D eigenvalue weighted by Crippen LogP contribution is 2.35. The number of amidine groups is 1. The molecule has 0 saturated carbocycles. The number of nitrogens with zero attached hydrogens (tertiary/aromatic N) is 1. The molecule has 0 aliphatic carbocycles. The first-order valence-electron chi connectivity index (χ1n) is 8.04. The van der Waals surface area contributed by atoms with E-state index in [-0.39, 0.29) is 11.4 Å². The second-order valence-electron chi connectivity index (χ2n) is 6.72. The van der Waals surface area contributed by atoms with Crippen molar-refractivity contribution in [3.05, 3.63) is 29.3 Å². The Hall–Kier alpha value is -2.25. The van der Waals surface area contributed by atoms with Crippen LogP contribution < -0.4 is 20.5 Å². The highest BCUT2D eigenvalue weighted by molar-refractivity contribution is 5.94. The number of methoxy groups -OCH3 is 2. The lowest BCUT2D eigenvalue weighted by atomic mass is 9.98. The van der Waals surface area contributed by atoms with Crippen LogP contribution in [-0.4, -0.2) is 48.6 Å². The average molecular weight is 351 g/mol. The van der Waals surface area contributed by atoms with Gasteiger partial charge in [-0.1, -0.05) is 17.3 Å². The zero-order valence-corrected chi connectivity index (χ0v) is 15.5. The molecule has 1 aromatic carbocycles. The lowest BCUT2D eigenvalue weighted by Gasteiger charge is -2.24. The molecule has 0 saturated heterocycles. The quantitative estimate of drug-likeness (QED) is 0.246. The molecule has 0 aromatic heterocycles. The maximum absolute atomic E-state index is 10.4. The lowest BCUT2D eigenvalue weighted by molar-refractivity contribution is 0.159. The summed E-state index contributed by atoms with van der Waals surface area (Å²) < 4.78 is 10.8. The summed E-state index contributed by atoms with van der Waals surface area (Å²) in [6.07, 6.45) is 2.93. The summed E-state index contributed by atoms with van der Waals surface area (Å²) in [6.45, 7) is 6.55. The van der Waals surface area contributed by atoms with Crippen molar-refractivity contribution >= 4 is 11.9 Å². The summed E-state index contributed by atoms with van der Waals surface area (Å²) in [6, 6.07) is 3.61. The molecule has 0 heterocycles. The minimum atomic E-state index is -0.615. The third kappa shape index (κ3) is 6.64. The number of nitrogens with one attached hydrogen (secondary N) is 1. The van der Waals surface area contributed by atoms with Crippen molar-refractivity contribution in [3.8, 4) is 11.5 Å². The fourth-order valence-corrected chi connectivity index (χ4v) is 2.31. The molecule has 0 aliphatic rings. The maximum atomic E-state index is 10.4. The molecule has 0 fully saturated rings. The molecular weight excluding hydrogens is 322 g/mol. The standard InChI is InChI=1S/C18H29N3O4/c1-18(2,3)20-11-13(22)10-14-12(7-9-16(19)21-23)6-8-15(24-4)17(14)25-5/h6-9,13,20,22-23H,10-11H2,1-5H3,(H2,19,21). The SMILES string of the molecule is COc1ccc(C=CC(N)=NO)c(CC(O)CNC(C)(C)C)c1OC. The van der Waals surface area contributed by atoms with Gasteiger partial charge in [-0.2, -0.15) is 0 Å². The second-order valence-corrected chi connectivity index (χ2v) is 6.72. The highest BCUT2D eigenvalue weighted by Gasteiger charge is 2.19. The van der Waals surface area contributed by atoms with E-state index in [0.717, 1.165) is 11.1 Å². The molecule has 1 rings (SSSR count). The lowest BCUT2D eigenvalue weighted by Crippen LogP contribution is -2.41. The Balaban J connectivity index is 3.16. The van der Waals surface area contributed by atoms with Crippen LogP contribution in [0.4, 0.5) is 0 Å². The maximum Gasteiger partial charge on any atom is 0.164 e. The second kappa shape index (κ2) is 9.29. The molecule has 7 nitrogen and oxygen atoms in total. The van der Waals surface area contributed by atoms with Gasteiger partial charge in [0.1, 0.15) is 0 Å². The molecule has 0 radical (unpaired) electrons. The van der Waals surface area contributed by atoms with Gasteiger partial charge in [0.25, 0.3) is 0 Å². The Morgan fingerprint density at radius 1 is 1.32 bits per heavy atom. The number of benzene rings is 1. The minimum Gasteiger partial charge on any atom is -0.493 e. The predicted molar refractivity (Wildman–Crippen MR) is 99.5 cm³/mol. The molecule has 7 heteroatoms. The van der Waals surface area contributed by atoms with Crippen molar-refractivity contribution in [1.29, 1.82) is 0 Å². The molecule has 1 atom stereocenters. The first-order valence-corrected chi connectivity index (χ1v) is 8.04. The van der Waals surface area contributed by atoms with Crippen LogP contribution in [0.25, 0.3) is 6.08 Å². The van der Waals surface area contributed by atoms with Crippen LogP contribution in [0.3, 0.4) is 0 Å². The molecule has 5 N–H and O–H groups in total. The van der Waals surface area contributed by atoms with Gasteiger partial charge < -0.3 is 30.8 Å². The third-order valence-corrected chi connectivity index (χ3v) is 3.54. The van der Waals surface area contributed by atoms with Crippen LogP contribution in [0.15, 0.2) is 23.4 Å². The van der Waals surface area contributed by atoms with E-state index in [1.807, 2.05) is 26.8 Å². The molecule has 0 aliphatic heterocycles. The number of oxime groups is 1. The van der Waals surface area contributed by atoms with Gasteiger partial charge >= 0.3 is 0 Å². The Kier molecular flexibility index (Phi) is 7.73. The largest absolute Gasteiger partial charge is 0.493 e. The van der Waals surface area contributed by atoms with E-state index in [2.05, 4.69) is 10.5 Å². The van der Waals surface area contributed by atoms with E-state index in [0.29, 0.717) is 24.5 Å². The van der Waals surface area contributed by atoms with Crippen LogP contribution in [0.1, 0.15) is 31.9 Å². The zero-order chi connectivity index (χ0) is 19.0. The first-order chi connectivity index (χ1) is 11.7. The van der Waals surface area contributed by atoms with E-state index >= 15 is 0 Å². The Morgan fingerprint density at radius 3 is 2.52 bits per heavy atom. The van der Waals surface area contributed by atoms with Gasteiger partial charge in [0.05, 0.1) is 20.3 Å². The fraction of sp³-hybridized carbons (Fsp3) is 0.500.